The zero-order chi connectivity index (χ0) is 14.6. The van der Waals surface area contributed by atoms with E-state index in [9.17, 15) is 13.6 Å². The van der Waals surface area contributed by atoms with E-state index < -0.39 is 24.2 Å². The lowest BCUT2D eigenvalue weighted by Crippen LogP contribution is -2.19. The number of halogens is 3. The fourth-order valence-corrected chi connectivity index (χ4v) is 2.36. The van der Waals surface area contributed by atoms with Crippen LogP contribution in [0.25, 0.3) is 0 Å². The maximum absolute atomic E-state index is 14.0. The fourth-order valence-electron chi connectivity index (χ4n) is 1.82. The molecule has 106 valence electrons. The van der Waals surface area contributed by atoms with Gasteiger partial charge in [-0.25, -0.2) is 8.78 Å². The molecular formula is C13H15BrF2O3. The molecule has 0 aromatic heterocycles. The van der Waals surface area contributed by atoms with Crippen molar-refractivity contribution in [3.8, 4) is 5.75 Å². The summed E-state index contributed by atoms with van der Waals surface area (Å²) in [6.45, 7) is 1.50. The van der Waals surface area contributed by atoms with E-state index >= 15 is 0 Å². The summed E-state index contributed by atoms with van der Waals surface area (Å²) in [5, 5.41) is 8.59. The van der Waals surface area contributed by atoms with Gasteiger partial charge in [-0.05, 0) is 40.0 Å². The van der Waals surface area contributed by atoms with Crippen LogP contribution < -0.4 is 4.74 Å². The van der Waals surface area contributed by atoms with Gasteiger partial charge in [-0.3, -0.25) is 4.79 Å². The van der Waals surface area contributed by atoms with Crippen molar-refractivity contribution < 1.29 is 23.4 Å². The van der Waals surface area contributed by atoms with Crippen LogP contribution in [0.5, 0.6) is 5.75 Å². The number of carboxylic acid groups (broad SMARTS) is 1. The van der Waals surface area contributed by atoms with Crippen LogP contribution in [0.1, 0.15) is 25.3 Å². The molecule has 19 heavy (non-hydrogen) atoms. The smallest absolute Gasteiger partial charge is 0.303 e. The first-order valence-electron chi connectivity index (χ1n) is 5.70. The summed E-state index contributed by atoms with van der Waals surface area (Å²) in [4.78, 5) is 10.5. The lowest BCUT2D eigenvalue weighted by molar-refractivity contribution is -0.138. The van der Waals surface area contributed by atoms with E-state index in [0.29, 0.717) is 10.2 Å². The minimum Gasteiger partial charge on any atom is -0.496 e. The summed E-state index contributed by atoms with van der Waals surface area (Å²) in [5.74, 6) is -4.27. The van der Waals surface area contributed by atoms with Crippen LogP contribution in [-0.4, -0.2) is 18.2 Å². The third kappa shape index (κ3) is 4.45. The van der Waals surface area contributed by atoms with Gasteiger partial charge in [0.2, 0.25) is 0 Å². The van der Waals surface area contributed by atoms with E-state index in [-0.39, 0.29) is 12.0 Å². The first-order valence-corrected chi connectivity index (χ1v) is 6.49. The predicted molar refractivity (Wildman–Crippen MR) is 70.6 cm³/mol. The van der Waals surface area contributed by atoms with Gasteiger partial charge in [-0.2, -0.15) is 0 Å². The van der Waals surface area contributed by atoms with Crippen LogP contribution in [0.2, 0.25) is 0 Å². The Morgan fingerprint density at radius 1 is 1.53 bits per heavy atom. The Kier molecular flexibility index (Phi) is 5.29. The molecule has 1 aromatic carbocycles. The molecule has 3 nitrogen and oxygen atoms in total. The van der Waals surface area contributed by atoms with E-state index in [4.69, 9.17) is 9.84 Å². The average Bonchev–Trinajstić information content (AvgIpc) is 2.26. The van der Waals surface area contributed by atoms with Gasteiger partial charge in [-0.1, -0.05) is 6.92 Å². The topological polar surface area (TPSA) is 46.5 Å². The average molecular weight is 337 g/mol. The van der Waals surface area contributed by atoms with Crippen molar-refractivity contribution in [3.63, 3.8) is 0 Å². The van der Waals surface area contributed by atoms with Crippen molar-refractivity contribution in [2.45, 2.75) is 25.7 Å². The van der Waals surface area contributed by atoms with Gasteiger partial charge in [-0.15, -0.1) is 0 Å². The lowest BCUT2D eigenvalue weighted by Gasteiger charge is -2.20. The van der Waals surface area contributed by atoms with Crippen molar-refractivity contribution in [1.82, 2.24) is 0 Å². The third-order valence-corrected chi connectivity index (χ3v) is 3.32. The molecule has 0 aliphatic heterocycles. The Labute approximate surface area is 118 Å². The molecule has 0 aliphatic carbocycles. The SMILES string of the molecule is COc1ccc(C(F)(F)CC(C)CC(=O)O)cc1Br. The molecule has 0 amide bonds. The number of hydrogen-bond donors (Lipinski definition) is 1. The van der Waals surface area contributed by atoms with Crippen LogP contribution in [0.3, 0.4) is 0 Å². The maximum Gasteiger partial charge on any atom is 0.303 e. The second-order valence-electron chi connectivity index (χ2n) is 4.46. The summed E-state index contributed by atoms with van der Waals surface area (Å²) < 4.78 is 33.5. The van der Waals surface area contributed by atoms with E-state index in [1.807, 2.05) is 0 Å². The molecule has 0 saturated heterocycles. The molecular weight excluding hydrogens is 322 g/mol. The molecule has 1 rings (SSSR count). The van der Waals surface area contributed by atoms with Crippen LogP contribution >= 0.6 is 15.9 Å². The van der Waals surface area contributed by atoms with Crippen molar-refractivity contribution in [2.75, 3.05) is 7.11 Å². The Morgan fingerprint density at radius 2 is 2.16 bits per heavy atom. The first-order chi connectivity index (χ1) is 8.76. The summed E-state index contributed by atoms with van der Waals surface area (Å²) in [6, 6.07) is 4.04. The van der Waals surface area contributed by atoms with Crippen molar-refractivity contribution in [2.24, 2.45) is 5.92 Å². The van der Waals surface area contributed by atoms with Gasteiger partial charge in [0.25, 0.3) is 5.92 Å². The standard InChI is InChI=1S/C13H15BrF2O3/c1-8(5-12(17)18)7-13(15,16)9-3-4-11(19-2)10(14)6-9/h3-4,6,8H,5,7H2,1-2H3,(H,17,18). The first kappa shape index (κ1) is 15.9. The van der Waals surface area contributed by atoms with Gasteiger partial charge >= 0.3 is 5.97 Å². The van der Waals surface area contributed by atoms with Crippen LogP contribution in [-0.2, 0) is 10.7 Å². The molecule has 0 radical (unpaired) electrons. The number of carboxylic acids is 1. The number of rotatable bonds is 6. The molecule has 6 heteroatoms. The van der Waals surface area contributed by atoms with E-state index in [1.165, 1.54) is 32.2 Å². The second kappa shape index (κ2) is 6.32. The highest BCUT2D eigenvalue weighted by molar-refractivity contribution is 9.10. The summed E-state index contributed by atoms with van der Waals surface area (Å²) in [5.41, 5.74) is -0.155. The number of hydrogen-bond acceptors (Lipinski definition) is 2. The zero-order valence-electron chi connectivity index (χ0n) is 10.6. The Bertz CT molecular complexity index is 463. The predicted octanol–water partition coefficient (Wildman–Crippen LogP) is 4.05. The number of aliphatic carboxylic acids is 1. The van der Waals surface area contributed by atoms with Crippen molar-refractivity contribution >= 4 is 21.9 Å². The maximum atomic E-state index is 14.0. The number of alkyl halides is 2. The second-order valence-corrected chi connectivity index (χ2v) is 5.32. The summed E-state index contributed by atoms with van der Waals surface area (Å²) in [6.07, 6.45) is -0.773. The fraction of sp³-hybridized carbons (Fsp3) is 0.462. The Balaban J connectivity index is 2.87. The molecule has 0 aliphatic rings. The number of benzene rings is 1. The summed E-state index contributed by atoms with van der Waals surface area (Å²) >= 11 is 3.15. The minimum absolute atomic E-state index is 0.155. The van der Waals surface area contributed by atoms with Crippen molar-refractivity contribution in [1.29, 1.82) is 0 Å². The molecule has 0 bridgehead atoms. The van der Waals surface area contributed by atoms with Crippen LogP contribution in [0.15, 0.2) is 22.7 Å². The number of methoxy groups -OCH3 is 1. The van der Waals surface area contributed by atoms with Gasteiger partial charge in [0.15, 0.2) is 0 Å². The van der Waals surface area contributed by atoms with Crippen LogP contribution in [0, 0.1) is 5.92 Å². The molecule has 1 atom stereocenters. The largest absolute Gasteiger partial charge is 0.496 e. The zero-order valence-corrected chi connectivity index (χ0v) is 12.2. The van der Waals surface area contributed by atoms with E-state index in [2.05, 4.69) is 15.9 Å². The molecule has 0 saturated carbocycles. The molecule has 1 unspecified atom stereocenters. The van der Waals surface area contributed by atoms with Crippen LogP contribution in [0.4, 0.5) is 8.78 Å². The third-order valence-electron chi connectivity index (χ3n) is 2.70. The highest BCUT2D eigenvalue weighted by Crippen LogP contribution is 2.38. The van der Waals surface area contributed by atoms with Gasteiger partial charge in [0, 0.05) is 18.4 Å². The van der Waals surface area contributed by atoms with Crippen molar-refractivity contribution in [3.05, 3.63) is 28.2 Å². The highest BCUT2D eigenvalue weighted by Gasteiger charge is 2.34. The summed E-state index contributed by atoms with van der Waals surface area (Å²) in [7, 11) is 1.45. The highest BCUT2D eigenvalue weighted by atomic mass is 79.9. The van der Waals surface area contributed by atoms with Gasteiger partial charge in [0.1, 0.15) is 5.75 Å². The Morgan fingerprint density at radius 3 is 2.63 bits per heavy atom. The normalized spacial score (nSPS) is 13.1. The molecule has 0 heterocycles. The minimum atomic E-state index is -3.07. The Hall–Kier alpha value is -1.17. The monoisotopic (exact) mass is 336 g/mol. The lowest BCUT2D eigenvalue weighted by atomic mass is 9.95. The van der Waals surface area contributed by atoms with E-state index in [1.54, 1.807) is 0 Å². The molecule has 1 N–H and O–H groups in total. The molecule has 0 spiro atoms. The quantitative estimate of drug-likeness (QED) is 0.852. The van der Waals surface area contributed by atoms with E-state index in [0.717, 1.165) is 0 Å². The number of carbonyl (C=O) groups is 1. The molecule has 0 fully saturated rings. The molecule has 1 aromatic rings. The van der Waals surface area contributed by atoms with Gasteiger partial charge < -0.3 is 9.84 Å². The number of ether oxygens (including phenoxy) is 1. The van der Waals surface area contributed by atoms with Gasteiger partial charge in [0.05, 0.1) is 11.6 Å².